The van der Waals surface area contributed by atoms with E-state index in [0.717, 1.165) is 17.0 Å². The highest BCUT2D eigenvalue weighted by molar-refractivity contribution is 6.30. The Morgan fingerprint density at radius 2 is 1.94 bits per heavy atom. The number of benzene rings is 1. The predicted octanol–water partition coefficient (Wildman–Crippen LogP) is 3.36. The molecule has 0 saturated carbocycles. The Balaban J connectivity index is 2.00. The third-order valence-corrected chi connectivity index (χ3v) is 5.48. The maximum absolute atomic E-state index is 12.2. The fourth-order valence-corrected chi connectivity index (χ4v) is 3.89. The van der Waals surface area contributed by atoms with Crippen molar-refractivity contribution in [1.82, 2.24) is 24.3 Å². The van der Waals surface area contributed by atoms with Gasteiger partial charge in [-0.1, -0.05) is 23.7 Å². The van der Waals surface area contributed by atoms with Crippen LogP contribution >= 0.6 is 11.6 Å². The maximum atomic E-state index is 12.2. The summed E-state index contributed by atoms with van der Waals surface area (Å²) in [6.45, 7) is 4.20. The van der Waals surface area contributed by atoms with E-state index in [4.69, 9.17) is 26.3 Å². The summed E-state index contributed by atoms with van der Waals surface area (Å²) < 4.78 is 8.52. The predicted molar refractivity (Wildman–Crippen MR) is 117 cm³/mol. The van der Waals surface area contributed by atoms with E-state index in [-0.39, 0.29) is 0 Å². The second-order valence-electron chi connectivity index (χ2n) is 7.36. The van der Waals surface area contributed by atoms with Gasteiger partial charge in [-0.15, -0.1) is 0 Å². The first-order valence-electron chi connectivity index (χ1n) is 9.66. The Bertz CT molecular complexity index is 1280. The van der Waals surface area contributed by atoms with Gasteiger partial charge < -0.3 is 14.4 Å². The Hall–Kier alpha value is -3.23. The third kappa shape index (κ3) is 3.80. The normalized spacial score (nSPS) is 12.3. The maximum Gasteiger partial charge on any atom is 0.339 e. The molecule has 0 aliphatic carbocycles. The molecule has 0 radical (unpaired) electrons. The molecule has 0 aliphatic rings. The number of pyridine rings is 1. The summed E-state index contributed by atoms with van der Waals surface area (Å²) in [5.74, 6) is -0.00310. The first-order valence-corrected chi connectivity index (χ1v) is 10.0. The highest BCUT2D eigenvalue weighted by Gasteiger charge is 2.28. The molecule has 0 amide bonds. The zero-order valence-electron chi connectivity index (χ0n) is 17.6. The number of hydrogen-bond donors (Lipinski definition) is 1. The topological polar surface area (TPSA) is 95.1 Å². The minimum absolute atomic E-state index is 0.368. The molecule has 3 aromatic heterocycles. The minimum Gasteiger partial charge on any atom is -0.467 e. The first kappa shape index (κ1) is 21.0. The van der Waals surface area contributed by atoms with Crippen LogP contribution in [-0.4, -0.2) is 42.5 Å². The van der Waals surface area contributed by atoms with Gasteiger partial charge in [0.15, 0.2) is 11.8 Å². The van der Waals surface area contributed by atoms with Crippen LogP contribution in [0.2, 0.25) is 5.02 Å². The van der Waals surface area contributed by atoms with E-state index < -0.39 is 12.1 Å². The van der Waals surface area contributed by atoms with Crippen LogP contribution in [0.15, 0.2) is 36.7 Å². The lowest BCUT2D eigenvalue weighted by molar-refractivity contribution is -0.150. The van der Waals surface area contributed by atoms with Crippen molar-refractivity contribution >= 4 is 28.7 Å². The van der Waals surface area contributed by atoms with Gasteiger partial charge >= 0.3 is 5.97 Å². The summed E-state index contributed by atoms with van der Waals surface area (Å²) in [7, 11) is 3.10. The Kier molecular flexibility index (Phi) is 5.51. The van der Waals surface area contributed by atoms with Gasteiger partial charge in [-0.25, -0.2) is 14.8 Å². The van der Waals surface area contributed by atoms with Crippen LogP contribution < -0.4 is 0 Å². The van der Waals surface area contributed by atoms with E-state index in [1.807, 2.05) is 36.9 Å². The molecule has 1 atom stereocenters. The summed E-state index contributed by atoms with van der Waals surface area (Å²) in [6.07, 6.45) is 2.25. The van der Waals surface area contributed by atoms with Crippen molar-refractivity contribution < 1.29 is 14.6 Å². The summed E-state index contributed by atoms with van der Waals surface area (Å²) in [5, 5.41) is 15.6. The van der Waals surface area contributed by atoms with Crippen molar-refractivity contribution in [1.29, 1.82) is 0 Å². The van der Waals surface area contributed by atoms with Gasteiger partial charge in [0.05, 0.1) is 19.9 Å². The van der Waals surface area contributed by atoms with Crippen molar-refractivity contribution in [3.63, 3.8) is 0 Å². The number of carbonyl (C=O) groups excluding carboxylic acids is 1. The van der Waals surface area contributed by atoms with Gasteiger partial charge in [-0.05, 0) is 31.5 Å². The van der Waals surface area contributed by atoms with E-state index in [1.54, 1.807) is 29.9 Å². The summed E-state index contributed by atoms with van der Waals surface area (Å²) in [5.41, 5.74) is 4.54. The molecular weight excluding hydrogens is 418 g/mol. The average molecular weight is 440 g/mol. The zero-order chi connectivity index (χ0) is 22.3. The standard InChI is InChI=1S/C22H22ClN5O3/c1-12-17(20(29)22(30)31-4)18(15-5-7-16(23)8-6-15)19-21(25-12)28(13(2)26-19)11-14-9-24-27(3)10-14/h5-10,20,29H,11H2,1-4H3/t20-/m0/s1. The number of aliphatic hydroxyl groups excluding tert-OH is 1. The molecule has 0 aliphatic heterocycles. The van der Waals surface area contributed by atoms with Gasteiger partial charge in [0.2, 0.25) is 0 Å². The second-order valence-corrected chi connectivity index (χ2v) is 7.79. The van der Waals surface area contributed by atoms with Crippen molar-refractivity contribution in [2.75, 3.05) is 7.11 Å². The average Bonchev–Trinajstić information content (AvgIpc) is 3.29. The number of ether oxygens (including phenoxy) is 1. The Morgan fingerprint density at radius 1 is 1.23 bits per heavy atom. The van der Waals surface area contributed by atoms with E-state index in [0.29, 0.717) is 39.6 Å². The molecule has 0 saturated heterocycles. The van der Waals surface area contributed by atoms with Gasteiger partial charge in [0.1, 0.15) is 11.3 Å². The molecule has 8 nitrogen and oxygen atoms in total. The third-order valence-electron chi connectivity index (χ3n) is 5.23. The number of aliphatic hydroxyl groups is 1. The molecule has 1 aromatic carbocycles. The van der Waals surface area contributed by atoms with E-state index in [9.17, 15) is 9.90 Å². The van der Waals surface area contributed by atoms with Crippen LogP contribution in [0.4, 0.5) is 0 Å². The van der Waals surface area contributed by atoms with Crippen LogP contribution in [0.25, 0.3) is 22.3 Å². The zero-order valence-corrected chi connectivity index (χ0v) is 18.4. The summed E-state index contributed by atoms with van der Waals surface area (Å²) >= 11 is 6.08. The van der Waals surface area contributed by atoms with Crippen LogP contribution in [0.1, 0.15) is 28.7 Å². The van der Waals surface area contributed by atoms with E-state index >= 15 is 0 Å². The van der Waals surface area contributed by atoms with Crippen LogP contribution in [0.5, 0.6) is 0 Å². The lowest BCUT2D eigenvalue weighted by Crippen LogP contribution is -2.17. The smallest absolute Gasteiger partial charge is 0.339 e. The fraction of sp³-hybridized carbons (Fsp3) is 0.273. The number of aromatic nitrogens is 5. The van der Waals surface area contributed by atoms with Crippen molar-refractivity contribution in [2.24, 2.45) is 7.05 Å². The molecule has 0 spiro atoms. The monoisotopic (exact) mass is 439 g/mol. The lowest BCUT2D eigenvalue weighted by Gasteiger charge is -2.17. The molecule has 0 bridgehead atoms. The molecule has 9 heteroatoms. The van der Waals surface area contributed by atoms with Crippen LogP contribution in [0.3, 0.4) is 0 Å². The number of aryl methyl sites for hydroxylation is 3. The Morgan fingerprint density at radius 3 is 2.55 bits per heavy atom. The molecule has 0 fully saturated rings. The van der Waals surface area contributed by atoms with Gasteiger partial charge in [-0.3, -0.25) is 4.68 Å². The van der Waals surface area contributed by atoms with Gasteiger partial charge in [0, 0.05) is 40.7 Å². The molecule has 160 valence electrons. The van der Waals surface area contributed by atoms with Crippen molar-refractivity contribution in [2.45, 2.75) is 26.5 Å². The molecule has 3 heterocycles. The van der Waals surface area contributed by atoms with Gasteiger partial charge in [-0.2, -0.15) is 5.10 Å². The van der Waals surface area contributed by atoms with E-state index in [1.165, 1.54) is 7.11 Å². The second kappa shape index (κ2) is 8.13. The number of nitrogens with zero attached hydrogens (tertiary/aromatic N) is 5. The van der Waals surface area contributed by atoms with Crippen LogP contribution in [-0.2, 0) is 23.1 Å². The molecule has 4 aromatic rings. The number of methoxy groups -OCH3 is 1. The van der Waals surface area contributed by atoms with Gasteiger partial charge in [0.25, 0.3) is 0 Å². The Labute approximate surface area is 184 Å². The quantitative estimate of drug-likeness (QED) is 0.479. The molecule has 31 heavy (non-hydrogen) atoms. The highest BCUT2D eigenvalue weighted by Crippen LogP contribution is 2.37. The molecule has 1 N–H and O–H groups in total. The number of imidazole rings is 1. The lowest BCUT2D eigenvalue weighted by atomic mass is 9.94. The largest absolute Gasteiger partial charge is 0.467 e. The molecular formula is C22H22ClN5O3. The number of hydrogen-bond acceptors (Lipinski definition) is 6. The number of fused-ring (bicyclic) bond motifs is 1. The van der Waals surface area contributed by atoms with Crippen molar-refractivity contribution in [3.8, 4) is 11.1 Å². The molecule has 0 unspecified atom stereocenters. The van der Waals surface area contributed by atoms with E-state index in [2.05, 4.69) is 5.10 Å². The minimum atomic E-state index is -1.49. The number of esters is 1. The van der Waals surface area contributed by atoms with Crippen LogP contribution in [0, 0.1) is 13.8 Å². The SMILES string of the molecule is COC(=O)[C@@H](O)c1c(C)nc2c(nc(C)n2Cc2cnn(C)c2)c1-c1ccc(Cl)cc1. The fourth-order valence-electron chi connectivity index (χ4n) is 3.76. The molecule has 4 rings (SSSR count). The first-order chi connectivity index (χ1) is 14.8. The number of rotatable bonds is 5. The van der Waals surface area contributed by atoms with Crippen molar-refractivity contribution in [3.05, 3.63) is 64.3 Å². The number of halogens is 1. The highest BCUT2D eigenvalue weighted by atomic mass is 35.5. The summed E-state index contributed by atoms with van der Waals surface area (Å²) in [6, 6.07) is 7.18. The summed E-state index contributed by atoms with van der Waals surface area (Å²) in [4.78, 5) is 21.7. The number of carbonyl (C=O) groups is 1.